The fourth-order valence-electron chi connectivity index (χ4n) is 1.79. The van der Waals surface area contributed by atoms with Crippen molar-refractivity contribution < 1.29 is 0 Å². The number of nitrogens with two attached hydrogens (primary N) is 1. The van der Waals surface area contributed by atoms with Gasteiger partial charge in [0.15, 0.2) is 0 Å². The minimum Gasteiger partial charge on any atom is -0.322 e. The number of nitrogens with zero attached hydrogens (tertiary/aromatic N) is 1. The van der Waals surface area contributed by atoms with Crippen LogP contribution in [-0.4, -0.2) is 4.98 Å². The molecule has 1 unspecified atom stereocenters. The molecule has 0 saturated carbocycles. The summed E-state index contributed by atoms with van der Waals surface area (Å²) in [6, 6.07) is 9.39. The van der Waals surface area contributed by atoms with E-state index in [4.69, 9.17) is 28.9 Å². The van der Waals surface area contributed by atoms with E-state index in [2.05, 4.69) is 4.98 Å². The lowest BCUT2D eigenvalue weighted by Crippen LogP contribution is -2.15. The number of halogens is 2. The van der Waals surface area contributed by atoms with Crippen molar-refractivity contribution in [3.8, 4) is 0 Å². The van der Waals surface area contributed by atoms with Crippen molar-refractivity contribution in [1.29, 1.82) is 0 Å². The van der Waals surface area contributed by atoms with E-state index in [0.717, 1.165) is 16.8 Å². The molecule has 1 atom stereocenters. The van der Waals surface area contributed by atoms with Gasteiger partial charge in [0, 0.05) is 6.20 Å². The molecule has 2 rings (SSSR count). The Bertz CT molecular complexity index is 555. The van der Waals surface area contributed by atoms with Crippen LogP contribution < -0.4 is 5.73 Å². The molecule has 4 heteroatoms. The first kappa shape index (κ1) is 13.3. The number of rotatable bonds is 3. The average molecular weight is 281 g/mol. The van der Waals surface area contributed by atoms with Gasteiger partial charge >= 0.3 is 0 Å². The van der Waals surface area contributed by atoms with Crippen molar-refractivity contribution in [2.45, 2.75) is 19.4 Å². The number of benzene rings is 1. The first-order valence-corrected chi connectivity index (χ1v) is 6.44. The molecule has 2 nitrogen and oxygen atoms in total. The van der Waals surface area contributed by atoms with Gasteiger partial charge in [-0.3, -0.25) is 4.98 Å². The van der Waals surface area contributed by atoms with E-state index >= 15 is 0 Å². The summed E-state index contributed by atoms with van der Waals surface area (Å²) in [6.07, 6.45) is 2.46. The third-order valence-corrected chi connectivity index (χ3v) is 3.50. The Hall–Kier alpha value is -1.09. The lowest BCUT2D eigenvalue weighted by molar-refractivity contribution is 0.695. The molecule has 0 aliphatic rings. The first-order chi connectivity index (χ1) is 8.56. The van der Waals surface area contributed by atoms with E-state index in [-0.39, 0.29) is 6.04 Å². The molecule has 2 aromatic rings. The first-order valence-electron chi connectivity index (χ1n) is 5.68. The van der Waals surface area contributed by atoms with Gasteiger partial charge in [0.1, 0.15) is 0 Å². The van der Waals surface area contributed by atoms with Gasteiger partial charge in [-0.05, 0) is 48.7 Å². The monoisotopic (exact) mass is 280 g/mol. The number of pyridine rings is 1. The van der Waals surface area contributed by atoms with Gasteiger partial charge < -0.3 is 5.73 Å². The van der Waals surface area contributed by atoms with Crippen LogP contribution in [0.15, 0.2) is 36.5 Å². The summed E-state index contributed by atoms with van der Waals surface area (Å²) in [7, 11) is 0. The van der Waals surface area contributed by atoms with Crippen LogP contribution in [0.3, 0.4) is 0 Å². The Morgan fingerprint density at radius 3 is 2.61 bits per heavy atom. The second-order valence-electron chi connectivity index (χ2n) is 4.32. The molecular formula is C14H14Cl2N2. The molecule has 0 amide bonds. The van der Waals surface area contributed by atoms with Crippen LogP contribution in [0.5, 0.6) is 0 Å². The van der Waals surface area contributed by atoms with Crippen molar-refractivity contribution >= 4 is 23.2 Å². The third kappa shape index (κ3) is 3.22. The van der Waals surface area contributed by atoms with Crippen LogP contribution in [0.2, 0.25) is 10.0 Å². The highest BCUT2D eigenvalue weighted by Crippen LogP contribution is 2.24. The molecule has 2 N–H and O–H groups in total. The summed E-state index contributed by atoms with van der Waals surface area (Å²) < 4.78 is 0. The third-order valence-electron chi connectivity index (χ3n) is 2.76. The van der Waals surface area contributed by atoms with Gasteiger partial charge in [-0.15, -0.1) is 0 Å². The minimum atomic E-state index is -0.137. The maximum Gasteiger partial charge on any atom is 0.0595 e. The molecule has 1 heterocycles. The van der Waals surface area contributed by atoms with E-state index < -0.39 is 0 Å². The zero-order valence-corrected chi connectivity index (χ0v) is 11.5. The highest BCUT2D eigenvalue weighted by Gasteiger charge is 2.09. The number of aryl methyl sites for hydroxylation is 1. The predicted octanol–water partition coefficient (Wildman–Crippen LogP) is 3.94. The maximum atomic E-state index is 6.15. The fourth-order valence-corrected chi connectivity index (χ4v) is 2.11. The Balaban J connectivity index is 2.16. The van der Waals surface area contributed by atoms with Crippen molar-refractivity contribution in [2.75, 3.05) is 0 Å². The summed E-state index contributed by atoms with van der Waals surface area (Å²) in [4.78, 5) is 4.29. The van der Waals surface area contributed by atoms with Gasteiger partial charge in [0.2, 0.25) is 0 Å². The Kier molecular flexibility index (Phi) is 4.23. The number of hydrogen-bond acceptors (Lipinski definition) is 2. The quantitative estimate of drug-likeness (QED) is 0.925. The summed E-state index contributed by atoms with van der Waals surface area (Å²) >= 11 is 11.9. The van der Waals surface area contributed by atoms with Crippen LogP contribution >= 0.6 is 23.2 Å². The molecule has 1 aromatic heterocycles. The van der Waals surface area contributed by atoms with Crippen LogP contribution in [0, 0.1) is 6.92 Å². The van der Waals surface area contributed by atoms with Crippen molar-refractivity contribution in [2.24, 2.45) is 5.73 Å². The molecule has 0 aliphatic carbocycles. The largest absolute Gasteiger partial charge is 0.322 e. The van der Waals surface area contributed by atoms with Crippen molar-refractivity contribution in [1.82, 2.24) is 4.98 Å². The molecule has 0 radical (unpaired) electrons. The van der Waals surface area contributed by atoms with E-state index in [1.54, 1.807) is 12.3 Å². The van der Waals surface area contributed by atoms with Crippen LogP contribution in [0.4, 0.5) is 0 Å². The van der Waals surface area contributed by atoms with Gasteiger partial charge in [0.25, 0.3) is 0 Å². The lowest BCUT2D eigenvalue weighted by Gasteiger charge is -2.12. The lowest BCUT2D eigenvalue weighted by atomic mass is 10.0. The average Bonchev–Trinajstić information content (AvgIpc) is 2.34. The SMILES string of the molecule is Cc1ccnc(C(N)Cc2ccc(Cl)c(Cl)c2)c1. The molecule has 0 saturated heterocycles. The van der Waals surface area contributed by atoms with Gasteiger partial charge in [-0.25, -0.2) is 0 Å². The molecule has 0 aliphatic heterocycles. The molecule has 18 heavy (non-hydrogen) atoms. The zero-order chi connectivity index (χ0) is 13.1. The van der Waals surface area contributed by atoms with E-state index in [1.165, 1.54) is 0 Å². The highest BCUT2D eigenvalue weighted by molar-refractivity contribution is 6.42. The predicted molar refractivity (Wildman–Crippen MR) is 76.1 cm³/mol. The standard InChI is InChI=1S/C14H14Cl2N2/c1-9-4-5-18-14(6-9)13(17)8-10-2-3-11(15)12(16)7-10/h2-7,13H,8,17H2,1H3. The summed E-state index contributed by atoms with van der Waals surface area (Å²) in [5.74, 6) is 0. The van der Waals surface area contributed by atoms with Crippen LogP contribution in [0.1, 0.15) is 22.9 Å². The summed E-state index contributed by atoms with van der Waals surface area (Å²) in [6.45, 7) is 2.02. The molecule has 1 aromatic carbocycles. The van der Waals surface area contributed by atoms with Crippen LogP contribution in [0.25, 0.3) is 0 Å². The van der Waals surface area contributed by atoms with Crippen molar-refractivity contribution in [3.63, 3.8) is 0 Å². The van der Waals surface area contributed by atoms with Crippen molar-refractivity contribution in [3.05, 3.63) is 63.4 Å². The molecule has 0 bridgehead atoms. The number of aromatic nitrogens is 1. The fraction of sp³-hybridized carbons (Fsp3) is 0.214. The molecule has 0 spiro atoms. The van der Waals surface area contributed by atoms with Crippen LogP contribution in [-0.2, 0) is 6.42 Å². The Morgan fingerprint density at radius 1 is 1.17 bits per heavy atom. The summed E-state index contributed by atoms with van der Waals surface area (Å²) in [5.41, 5.74) is 9.25. The molecule has 0 fully saturated rings. The Labute approximate surface area is 117 Å². The zero-order valence-electron chi connectivity index (χ0n) is 10.0. The second-order valence-corrected chi connectivity index (χ2v) is 5.13. The molecular weight excluding hydrogens is 267 g/mol. The van der Waals surface area contributed by atoms with Gasteiger partial charge in [-0.2, -0.15) is 0 Å². The van der Waals surface area contributed by atoms with E-state index in [1.807, 2.05) is 31.2 Å². The topological polar surface area (TPSA) is 38.9 Å². The van der Waals surface area contributed by atoms with E-state index in [0.29, 0.717) is 16.5 Å². The van der Waals surface area contributed by atoms with E-state index in [9.17, 15) is 0 Å². The normalized spacial score (nSPS) is 12.4. The minimum absolute atomic E-state index is 0.137. The smallest absolute Gasteiger partial charge is 0.0595 e. The number of hydrogen-bond donors (Lipinski definition) is 1. The summed E-state index contributed by atoms with van der Waals surface area (Å²) in [5, 5.41) is 1.11. The highest BCUT2D eigenvalue weighted by atomic mass is 35.5. The second kappa shape index (κ2) is 5.70. The van der Waals surface area contributed by atoms with Gasteiger partial charge in [0.05, 0.1) is 21.8 Å². The van der Waals surface area contributed by atoms with Gasteiger partial charge in [-0.1, -0.05) is 29.3 Å². The maximum absolute atomic E-state index is 6.15. The Morgan fingerprint density at radius 2 is 1.94 bits per heavy atom. The molecule has 94 valence electrons.